The van der Waals surface area contributed by atoms with Gasteiger partial charge in [-0.15, -0.1) is 0 Å². The summed E-state index contributed by atoms with van der Waals surface area (Å²) >= 11 is 0. The Hall–Kier alpha value is -0.570. The fourth-order valence-electron chi connectivity index (χ4n) is 0.438. The van der Waals surface area contributed by atoms with Crippen molar-refractivity contribution in [3.8, 4) is 0 Å². The lowest BCUT2D eigenvalue weighted by Crippen LogP contribution is -2.49. The minimum absolute atomic E-state index is 0.0625. The molecular weight excluding hydrogens is 92.1 g/mol. The molecule has 1 aliphatic rings. The van der Waals surface area contributed by atoms with Crippen LogP contribution >= 0.6 is 0 Å². The highest BCUT2D eigenvalue weighted by molar-refractivity contribution is 5.77. The summed E-state index contributed by atoms with van der Waals surface area (Å²) in [6, 6.07) is 0. The highest BCUT2D eigenvalue weighted by Crippen LogP contribution is 1.98. The van der Waals surface area contributed by atoms with Crippen LogP contribution in [0.2, 0.25) is 1.41 Å². The van der Waals surface area contributed by atoms with Crippen molar-refractivity contribution >= 4 is 5.91 Å². The Kier molecular flexibility index (Phi) is 0.736. The summed E-state index contributed by atoms with van der Waals surface area (Å²) in [5.74, 6) is -0.346. The summed E-state index contributed by atoms with van der Waals surface area (Å²) in [5, 5.41) is 1.31. The van der Waals surface area contributed by atoms with Crippen LogP contribution in [0.1, 0.15) is 0 Å². The van der Waals surface area contributed by atoms with Gasteiger partial charge in [-0.2, -0.15) is 0 Å². The van der Waals surface area contributed by atoms with Gasteiger partial charge in [-0.25, -0.2) is 0 Å². The Balaban J connectivity index is 2.25. The van der Waals surface area contributed by atoms with E-state index in [2.05, 4.69) is 0 Å². The predicted octanol–water partition coefficient (Wildman–Crippen LogP) is -1.31. The van der Waals surface area contributed by atoms with E-state index >= 15 is 0 Å². The van der Waals surface area contributed by atoms with E-state index in [9.17, 15) is 4.79 Å². The van der Waals surface area contributed by atoms with Crippen LogP contribution in [0.4, 0.5) is 0 Å². The van der Waals surface area contributed by atoms with Crippen LogP contribution in [0.15, 0.2) is 0 Å². The SMILES string of the molecule is [2H]N1CC(C(N)=O)C1. The summed E-state index contributed by atoms with van der Waals surface area (Å²) in [4.78, 5) is 10.2. The molecule has 3 heteroatoms. The average Bonchev–Trinajstić information content (AvgIpc) is 1.57. The summed E-state index contributed by atoms with van der Waals surface area (Å²) in [6.45, 7) is 1.02. The molecule has 40 valence electrons. The van der Waals surface area contributed by atoms with E-state index in [0.29, 0.717) is 13.1 Å². The molecule has 0 spiro atoms. The molecule has 0 aromatic carbocycles. The van der Waals surface area contributed by atoms with Gasteiger partial charge in [0.25, 0.3) is 0 Å². The van der Waals surface area contributed by atoms with Crippen molar-refractivity contribution in [1.29, 1.82) is 0 Å². The zero-order chi connectivity index (χ0) is 6.15. The van der Waals surface area contributed by atoms with E-state index in [1.165, 1.54) is 5.31 Å². The number of primary amides is 1. The van der Waals surface area contributed by atoms with Crippen molar-refractivity contribution in [1.82, 2.24) is 5.31 Å². The molecule has 0 bridgehead atoms. The van der Waals surface area contributed by atoms with E-state index in [0.717, 1.165) is 0 Å². The first-order chi connectivity index (χ1) is 3.70. The first-order valence-electron chi connectivity index (χ1n) is 2.68. The maximum absolute atomic E-state index is 10.2. The number of hydrogen-bond donors (Lipinski definition) is 2. The zero-order valence-electron chi connectivity index (χ0n) is 4.92. The molecule has 1 aliphatic heterocycles. The van der Waals surface area contributed by atoms with Crippen LogP contribution in [0.3, 0.4) is 0 Å². The van der Waals surface area contributed by atoms with Gasteiger partial charge < -0.3 is 11.0 Å². The highest BCUT2D eigenvalue weighted by atomic mass is 16.1. The topological polar surface area (TPSA) is 55.1 Å². The van der Waals surface area contributed by atoms with Gasteiger partial charge in [-0.1, -0.05) is 0 Å². The second kappa shape index (κ2) is 1.50. The van der Waals surface area contributed by atoms with Crippen molar-refractivity contribution in [3.63, 3.8) is 0 Å². The number of rotatable bonds is 1. The molecule has 0 aliphatic carbocycles. The summed E-state index contributed by atoms with van der Waals surface area (Å²) < 4.78 is 6.86. The number of nitrogens with two attached hydrogens (primary N) is 1. The Morgan fingerprint density at radius 1 is 2.00 bits per heavy atom. The predicted molar refractivity (Wildman–Crippen MR) is 25.6 cm³/mol. The highest BCUT2D eigenvalue weighted by Gasteiger charge is 2.21. The lowest BCUT2D eigenvalue weighted by Gasteiger charge is -2.22. The van der Waals surface area contributed by atoms with Crippen LogP contribution < -0.4 is 11.0 Å². The summed E-state index contributed by atoms with van der Waals surface area (Å²) in [5.41, 5.74) is 4.91. The fraction of sp³-hybridized carbons (Fsp3) is 0.750. The van der Waals surface area contributed by atoms with Crippen molar-refractivity contribution < 1.29 is 6.21 Å². The minimum Gasteiger partial charge on any atom is -0.369 e. The van der Waals surface area contributed by atoms with Crippen molar-refractivity contribution in [2.45, 2.75) is 0 Å². The Morgan fingerprint density at radius 2 is 2.57 bits per heavy atom. The van der Waals surface area contributed by atoms with Gasteiger partial charge in [0.05, 0.1) is 5.92 Å². The molecule has 3 N–H and O–H groups in total. The quantitative estimate of drug-likeness (QED) is 0.431. The second-order valence-electron chi connectivity index (χ2n) is 1.69. The van der Waals surface area contributed by atoms with Crippen LogP contribution in [0, 0.1) is 5.92 Å². The summed E-state index contributed by atoms with van der Waals surface area (Å²) in [6.07, 6.45) is 0. The molecule has 1 rings (SSSR count). The van der Waals surface area contributed by atoms with E-state index in [4.69, 9.17) is 7.15 Å². The van der Waals surface area contributed by atoms with Crippen LogP contribution in [0.5, 0.6) is 0 Å². The summed E-state index contributed by atoms with van der Waals surface area (Å²) in [7, 11) is 0. The molecule has 1 saturated heterocycles. The van der Waals surface area contributed by atoms with E-state index < -0.39 is 0 Å². The second-order valence-corrected chi connectivity index (χ2v) is 1.69. The lowest BCUT2D eigenvalue weighted by atomic mass is 10.0. The van der Waals surface area contributed by atoms with E-state index in [1.807, 2.05) is 0 Å². The molecule has 3 nitrogen and oxygen atoms in total. The monoisotopic (exact) mass is 101 g/mol. The molecule has 0 atom stereocenters. The normalized spacial score (nSPS) is 26.0. The maximum atomic E-state index is 10.2. The Morgan fingerprint density at radius 3 is 2.71 bits per heavy atom. The van der Waals surface area contributed by atoms with Gasteiger partial charge in [0.2, 0.25) is 5.91 Å². The number of nitrogens with one attached hydrogen (secondary N) is 1. The lowest BCUT2D eigenvalue weighted by molar-refractivity contribution is -0.123. The van der Waals surface area contributed by atoms with Crippen LogP contribution in [-0.4, -0.2) is 19.0 Å². The van der Waals surface area contributed by atoms with Gasteiger partial charge in [-0.3, -0.25) is 4.79 Å². The van der Waals surface area contributed by atoms with Crippen molar-refractivity contribution in [2.75, 3.05) is 13.1 Å². The Labute approximate surface area is 43.3 Å². The smallest absolute Gasteiger partial charge is 0.223 e. The number of carbonyl (C=O) groups excluding carboxylic acids is 1. The largest absolute Gasteiger partial charge is 0.369 e. The molecule has 0 aromatic heterocycles. The van der Waals surface area contributed by atoms with Gasteiger partial charge in [0.1, 0.15) is 1.41 Å². The molecule has 1 amide bonds. The van der Waals surface area contributed by atoms with E-state index in [1.54, 1.807) is 0 Å². The third-order valence-corrected chi connectivity index (χ3v) is 1.10. The van der Waals surface area contributed by atoms with E-state index in [-0.39, 0.29) is 11.8 Å². The fourth-order valence-corrected chi connectivity index (χ4v) is 0.438. The average molecular weight is 101 g/mol. The molecular formula is C4H8N2O. The number of amides is 1. The minimum atomic E-state index is -0.284. The molecule has 0 aromatic rings. The third kappa shape index (κ3) is 0.718. The Bertz CT molecular complexity index is 111. The van der Waals surface area contributed by atoms with Gasteiger partial charge >= 0.3 is 0 Å². The first-order valence-corrected chi connectivity index (χ1v) is 2.23. The van der Waals surface area contributed by atoms with Crippen molar-refractivity contribution in [2.24, 2.45) is 11.7 Å². The molecule has 0 saturated carbocycles. The van der Waals surface area contributed by atoms with Gasteiger partial charge in [-0.05, 0) is 0 Å². The van der Waals surface area contributed by atoms with Gasteiger partial charge in [0.15, 0.2) is 0 Å². The number of carbonyl (C=O) groups is 1. The zero-order valence-corrected chi connectivity index (χ0v) is 3.92. The molecule has 0 radical (unpaired) electrons. The standard InChI is InChI=1S/C4H8N2O/c5-4(7)3-1-6-2-3/h3,6H,1-2H2,(H2,5,7)/i/hD. The van der Waals surface area contributed by atoms with Gasteiger partial charge in [0, 0.05) is 13.1 Å². The van der Waals surface area contributed by atoms with Crippen LogP contribution in [0.25, 0.3) is 0 Å². The third-order valence-electron chi connectivity index (χ3n) is 1.10. The molecule has 0 unspecified atom stereocenters. The molecule has 1 fully saturated rings. The van der Waals surface area contributed by atoms with Crippen LogP contribution in [-0.2, 0) is 4.79 Å². The first kappa shape index (κ1) is 3.43. The number of hydrogen-bond acceptors (Lipinski definition) is 2. The maximum Gasteiger partial charge on any atom is 0.223 e. The van der Waals surface area contributed by atoms with Crippen molar-refractivity contribution in [3.05, 3.63) is 0 Å². The molecule has 7 heavy (non-hydrogen) atoms. The molecule has 1 heterocycles.